The summed E-state index contributed by atoms with van der Waals surface area (Å²) in [5, 5.41) is 10.4. The smallest absolute Gasteiger partial charge is 0.0695 e. The normalized spacial score (nSPS) is 18.4. The largest absolute Gasteiger partial charge is 0.392 e. The van der Waals surface area contributed by atoms with Gasteiger partial charge in [-0.25, -0.2) is 0 Å². The van der Waals surface area contributed by atoms with Gasteiger partial charge in [-0.1, -0.05) is 32.3 Å². The lowest BCUT2D eigenvalue weighted by atomic mass is 9.85. The van der Waals surface area contributed by atoms with Gasteiger partial charge in [0.05, 0.1) is 11.8 Å². The van der Waals surface area contributed by atoms with Gasteiger partial charge < -0.3 is 5.11 Å². The van der Waals surface area contributed by atoms with E-state index in [1.165, 1.54) is 32.1 Å². The number of nitrogens with zero attached hydrogens (tertiary/aromatic N) is 2. The van der Waals surface area contributed by atoms with Gasteiger partial charge >= 0.3 is 0 Å². The molecule has 0 aromatic carbocycles. The van der Waals surface area contributed by atoms with Crippen molar-refractivity contribution in [1.29, 1.82) is 0 Å². The fourth-order valence-corrected chi connectivity index (χ4v) is 3.15. The van der Waals surface area contributed by atoms with Crippen molar-refractivity contribution in [3.05, 3.63) is 29.6 Å². The Morgan fingerprint density at radius 2 is 2.05 bits per heavy atom. The molecule has 2 rings (SSSR count). The monoisotopic (exact) mass is 276 g/mol. The zero-order valence-corrected chi connectivity index (χ0v) is 12.9. The van der Waals surface area contributed by atoms with Crippen molar-refractivity contribution in [2.45, 2.75) is 58.6 Å². The molecule has 1 aliphatic carbocycles. The molecular weight excluding hydrogens is 248 g/mol. The Hall–Kier alpha value is -0.930. The van der Waals surface area contributed by atoms with Gasteiger partial charge in [-0.3, -0.25) is 9.88 Å². The van der Waals surface area contributed by atoms with Gasteiger partial charge in [0.1, 0.15) is 0 Å². The molecule has 3 heteroatoms. The predicted octanol–water partition coefficient (Wildman–Crippen LogP) is 3.15. The summed E-state index contributed by atoms with van der Waals surface area (Å²) in [6.45, 7) is 6.75. The van der Waals surface area contributed by atoms with E-state index in [0.29, 0.717) is 5.92 Å². The number of hydrogen-bond donors (Lipinski definition) is 1. The van der Waals surface area contributed by atoms with Crippen LogP contribution in [0, 0.1) is 12.8 Å². The Kier molecular flexibility index (Phi) is 5.99. The van der Waals surface area contributed by atoms with E-state index in [4.69, 9.17) is 0 Å². The third kappa shape index (κ3) is 4.57. The Balaban J connectivity index is 1.87. The molecule has 1 fully saturated rings. The number of aliphatic hydroxyl groups is 1. The Bertz CT molecular complexity index is 402. The number of hydrogen-bond acceptors (Lipinski definition) is 3. The van der Waals surface area contributed by atoms with E-state index >= 15 is 0 Å². The molecule has 0 aliphatic heterocycles. The summed E-state index contributed by atoms with van der Waals surface area (Å²) in [6, 6.07) is 6.16. The molecule has 1 aromatic rings. The second-order valence-electron chi connectivity index (χ2n) is 6.06. The first kappa shape index (κ1) is 15.5. The summed E-state index contributed by atoms with van der Waals surface area (Å²) in [7, 11) is 0. The van der Waals surface area contributed by atoms with Gasteiger partial charge in [0.25, 0.3) is 0 Å². The molecule has 20 heavy (non-hydrogen) atoms. The van der Waals surface area contributed by atoms with E-state index in [1.807, 2.05) is 13.0 Å². The summed E-state index contributed by atoms with van der Waals surface area (Å²) in [6.07, 6.45) is 6.12. The zero-order chi connectivity index (χ0) is 14.4. The van der Waals surface area contributed by atoms with Crippen molar-refractivity contribution in [3.8, 4) is 0 Å². The van der Waals surface area contributed by atoms with Crippen LogP contribution in [-0.2, 0) is 6.54 Å². The van der Waals surface area contributed by atoms with E-state index in [0.717, 1.165) is 31.0 Å². The first-order valence-corrected chi connectivity index (χ1v) is 8.02. The van der Waals surface area contributed by atoms with Gasteiger partial charge in [-0.05, 0) is 44.4 Å². The van der Waals surface area contributed by atoms with Crippen LogP contribution in [0.1, 0.15) is 50.4 Å². The second kappa shape index (κ2) is 7.75. The van der Waals surface area contributed by atoms with Gasteiger partial charge in [-0.15, -0.1) is 0 Å². The Morgan fingerprint density at radius 1 is 1.30 bits per heavy atom. The lowest BCUT2D eigenvalue weighted by Gasteiger charge is -2.30. The van der Waals surface area contributed by atoms with Crippen LogP contribution in [0.15, 0.2) is 18.2 Å². The molecule has 1 N–H and O–H groups in total. The number of aromatic nitrogens is 1. The van der Waals surface area contributed by atoms with Gasteiger partial charge in [-0.2, -0.15) is 0 Å². The maximum Gasteiger partial charge on any atom is 0.0695 e. The van der Waals surface area contributed by atoms with Crippen molar-refractivity contribution >= 4 is 0 Å². The maximum absolute atomic E-state index is 10.4. The lowest BCUT2D eigenvalue weighted by molar-refractivity contribution is 0.0465. The third-order valence-corrected chi connectivity index (χ3v) is 4.42. The molecular formula is C17H28N2O. The van der Waals surface area contributed by atoms with Crippen LogP contribution in [0.5, 0.6) is 0 Å². The van der Waals surface area contributed by atoms with E-state index < -0.39 is 0 Å². The van der Waals surface area contributed by atoms with E-state index in [-0.39, 0.29) is 6.10 Å². The highest BCUT2D eigenvalue weighted by Gasteiger charge is 2.23. The number of aliphatic hydroxyl groups excluding tert-OH is 1. The summed E-state index contributed by atoms with van der Waals surface area (Å²) >= 11 is 0. The molecule has 1 saturated carbocycles. The fraction of sp³-hybridized carbons (Fsp3) is 0.706. The molecule has 1 atom stereocenters. The third-order valence-electron chi connectivity index (χ3n) is 4.42. The Labute approximate surface area is 123 Å². The molecule has 0 amide bonds. The minimum Gasteiger partial charge on any atom is -0.392 e. The van der Waals surface area contributed by atoms with Crippen LogP contribution in [0.4, 0.5) is 0 Å². The minimum absolute atomic E-state index is 0.181. The van der Waals surface area contributed by atoms with Crippen LogP contribution >= 0.6 is 0 Å². The Morgan fingerprint density at radius 3 is 2.70 bits per heavy atom. The average molecular weight is 276 g/mol. The van der Waals surface area contributed by atoms with Crippen molar-refractivity contribution in [1.82, 2.24) is 9.88 Å². The van der Waals surface area contributed by atoms with Crippen LogP contribution < -0.4 is 0 Å². The van der Waals surface area contributed by atoms with Crippen LogP contribution in [0.25, 0.3) is 0 Å². The second-order valence-corrected chi connectivity index (χ2v) is 6.06. The summed E-state index contributed by atoms with van der Waals surface area (Å²) in [5.74, 6) is 0.503. The SMILES string of the molecule is CCN(Cc1cccc(C)n1)CC(O)C1CCCCC1. The van der Waals surface area contributed by atoms with Gasteiger partial charge in [0, 0.05) is 18.8 Å². The zero-order valence-electron chi connectivity index (χ0n) is 12.9. The number of pyridine rings is 1. The standard InChI is InChI=1S/C17H28N2O/c1-3-19(12-16-11-7-8-14(2)18-16)13-17(20)15-9-5-4-6-10-15/h7-8,11,15,17,20H,3-6,9-10,12-13H2,1-2H3. The first-order valence-electron chi connectivity index (χ1n) is 8.02. The fourth-order valence-electron chi connectivity index (χ4n) is 3.15. The average Bonchev–Trinajstić information content (AvgIpc) is 2.47. The van der Waals surface area contributed by atoms with E-state index in [1.54, 1.807) is 0 Å². The highest BCUT2D eigenvalue weighted by Crippen LogP contribution is 2.27. The molecule has 1 aliphatic rings. The van der Waals surface area contributed by atoms with Crippen LogP contribution in [0.2, 0.25) is 0 Å². The van der Waals surface area contributed by atoms with Crippen molar-refractivity contribution in [2.75, 3.05) is 13.1 Å². The molecule has 0 radical (unpaired) electrons. The summed E-state index contributed by atoms with van der Waals surface area (Å²) < 4.78 is 0. The summed E-state index contributed by atoms with van der Waals surface area (Å²) in [4.78, 5) is 6.86. The van der Waals surface area contributed by atoms with Crippen molar-refractivity contribution in [3.63, 3.8) is 0 Å². The van der Waals surface area contributed by atoms with E-state index in [9.17, 15) is 5.11 Å². The van der Waals surface area contributed by atoms with Gasteiger partial charge in [0.2, 0.25) is 0 Å². The molecule has 3 nitrogen and oxygen atoms in total. The molecule has 0 spiro atoms. The maximum atomic E-state index is 10.4. The molecule has 1 heterocycles. The molecule has 1 unspecified atom stereocenters. The number of likely N-dealkylation sites (N-methyl/N-ethyl adjacent to an activating group) is 1. The van der Waals surface area contributed by atoms with Crippen LogP contribution in [0.3, 0.4) is 0 Å². The molecule has 1 aromatic heterocycles. The highest BCUT2D eigenvalue weighted by molar-refractivity contribution is 5.09. The van der Waals surface area contributed by atoms with Crippen molar-refractivity contribution < 1.29 is 5.11 Å². The van der Waals surface area contributed by atoms with Gasteiger partial charge in [0.15, 0.2) is 0 Å². The van der Waals surface area contributed by atoms with Crippen molar-refractivity contribution in [2.24, 2.45) is 5.92 Å². The van der Waals surface area contributed by atoms with E-state index in [2.05, 4.69) is 28.9 Å². The molecule has 112 valence electrons. The first-order chi connectivity index (χ1) is 9.69. The number of aryl methyl sites for hydroxylation is 1. The topological polar surface area (TPSA) is 36.4 Å². The quantitative estimate of drug-likeness (QED) is 0.867. The summed E-state index contributed by atoms with van der Waals surface area (Å²) in [5.41, 5.74) is 2.16. The molecule has 0 saturated heterocycles. The minimum atomic E-state index is -0.181. The highest BCUT2D eigenvalue weighted by atomic mass is 16.3. The number of rotatable bonds is 6. The lowest BCUT2D eigenvalue weighted by Crippen LogP contribution is -2.37. The predicted molar refractivity (Wildman–Crippen MR) is 82.5 cm³/mol. The molecule has 0 bridgehead atoms. The van der Waals surface area contributed by atoms with Crippen LogP contribution in [-0.4, -0.2) is 34.2 Å².